The lowest BCUT2D eigenvalue weighted by molar-refractivity contribution is -0.116. The van der Waals surface area contributed by atoms with Crippen LogP contribution in [-0.4, -0.2) is 22.0 Å². The lowest BCUT2D eigenvalue weighted by Gasteiger charge is -2.10. The van der Waals surface area contributed by atoms with E-state index in [-0.39, 0.29) is 12.0 Å². The fraction of sp³-hybridized carbons (Fsp3) is 0.250. The fourth-order valence-electron chi connectivity index (χ4n) is 2.41. The highest BCUT2D eigenvalue weighted by atomic mass is 32.1. The van der Waals surface area contributed by atoms with Crippen LogP contribution in [0.15, 0.2) is 54.2 Å². The van der Waals surface area contributed by atoms with E-state index in [0.29, 0.717) is 12.8 Å². The molecule has 6 heteroatoms. The van der Waals surface area contributed by atoms with E-state index in [1.807, 2.05) is 55.6 Å². The summed E-state index contributed by atoms with van der Waals surface area (Å²) < 4.78 is 5.59. The number of amides is 1. The molecule has 0 atom stereocenters. The predicted molar refractivity (Wildman–Crippen MR) is 105 cm³/mol. The first-order valence-electron chi connectivity index (χ1n) is 8.51. The van der Waals surface area contributed by atoms with E-state index in [4.69, 9.17) is 4.74 Å². The van der Waals surface area contributed by atoms with Crippen LogP contribution in [0.3, 0.4) is 0 Å². The van der Waals surface area contributed by atoms with Gasteiger partial charge in [-0.3, -0.25) is 9.78 Å². The van der Waals surface area contributed by atoms with Gasteiger partial charge >= 0.3 is 0 Å². The van der Waals surface area contributed by atoms with E-state index in [2.05, 4.69) is 15.3 Å². The van der Waals surface area contributed by atoms with Crippen LogP contribution in [0.2, 0.25) is 0 Å². The number of nitrogens with zero attached hydrogens (tertiary/aromatic N) is 2. The summed E-state index contributed by atoms with van der Waals surface area (Å²) in [6.45, 7) is 3.96. The number of benzene rings is 1. The van der Waals surface area contributed by atoms with Gasteiger partial charge in [-0.2, -0.15) is 0 Å². The van der Waals surface area contributed by atoms with Gasteiger partial charge in [0, 0.05) is 41.9 Å². The molecule has 0 saturated carbocycles. The van der Waals surface area contributed by atoms with Crippen molar-refractivity contribution >= 4 is 22.9 Å². The van der Waals surface area contributed by atoms with E-state index in [9.17, 15) is 4.79 Å². The number of ether oxygens (including phenoxy) is 1. The Morgan fingerprint density at radius 1 is 1.15 bits per heavy atom. The second-order valence-corrected chi connectivity index (χ2v) is 7.04. The Bertz CT molecular complexity index is 845. The Morgan fingerprint density at radius 2 is 1.88 bits per heavy atom. The first-order chi connectivity index (χ1) is 12.6. The number of hydrogen-bond acceptors (Lipinski definition) is 5. The highest BCUT2D eigenvalue weighted by molar-refractivity contribution is 7.09. The molecule has 134 valence electrons. The number of anilines is 1. The average molecular weight is 367 g/mol. The lowest BCUT2D eigenvalue weighted by atomic mass is 10.2. The largest absolute Gasteiger partial charge is 0.491 e. The lowest BCUT2D eigenvalue weighted by Crippen LogP contribution is -2.12. The third-order valence-corrected chi connectivity index (χ3v) is 4.51. The fourth-order valence-corrected chi connectivity index (χ4v) is 3.22. The summed E-state index contributed by atoms with van der Waals surface area (Å²) in [5.74, 6) is 0.771. The Hall–Kier alpha value is -2.73. The van der Waals surface area contributed by atoms with E-state index < -0.39 is 0 Å². The van der Waals surface area contributed by atoms with Gasteiger partial charge < -0.3 is 10.1 Å². The minimum absolute atomic E-state index is 0.0248. The van der Waals surface area contributed by atoms with Crippen molar-refractivity contribution in [1.29, 1.82) is 0 Å². The first-order valence-corrected chi connectivity index (χ1v) is 9.39. The number of nitrogens with one attached hydrogen (secondary N) is 1. The van der Waals surface area contributed by atoms with Crippen LogP contribution in [0.4, 0.5) is 5.69 Å². The van der Waals surface area contributed by atoms with E-state index in [1.54, 1.807) is 23.7 Å². The summed E-state index contributed by atoms with van der Waals surface area (Å²) >= 11 is 1.57. The summed E-state index contributed by atoms with van der Waals surface area (Å²) in [6, 6.07) is 11.3. The second-order valence-electron chi connectivity index (χ2n) is 6.10. The van der Waals surface area contributed by atoms with Gasteiger partial charge in [0.15, 0.2) is 0 Å². The van der Waals surface area contributed by atoms with Crippen LogP contribution >= 0.6 is 11.3 Å². The molecule has 0 spiro atoms. The summed E-state index contributed by atoms with van der Waals surface area (Å²) in [5, 5.41) is 5.87. The number of pyridine rings is 1. The maximum atomic E-state index is 12.2. The molecule has 26 heavy (non-hydrogen) atoms. The molecule has 0 aliphatic heterocycles. The van der Waals surface area contributed by atoms with Crippen molar-refractivity contribution in [2.75, 3.05) is 5.32 Å². The molecule has 0 fully saturated rings. The molecule has 1 amide bonds. The van der Waals surface area contributed by atoms with Gasteiger partial charge in [-0.15, -0.1) is 11.3 Å². The maximum Gasteiger partial charge on any atom is 0.224 e. The highest BCUT2D eigenvalue weighted by Crippen LogP contribution is 2.22. The maximum absolute atomic E-state index is 12.2. The summed E-state index contributed by atoms with van der Waals surface area (Å²) in [6.07, 6.45) is 4.65. The van der Waals surface area contributed by atoms with Gasteiger partial charge in [-0.05, 0) is 50.2 Å². The number of carbonyl (C=O) groups is 1. The van der Waals surface area contributed by atoms with Crippen molar-refractivity contribution < 1.29 is 9.53 Å². The van der Waals surface area contributed by atoms with Gasteiger partial charge in [0.2, 0.25) is 5.91 Å². The van der Waals surface area contributed by atoms with E-state index >= 15 is 0 Å². The zero-order valence-electron chi connectivity index (χ0n) is 14.8. The molecule has 0 aliphatic carbocycles. The number of rotatable bonds is 7. The standard InChI is InChI=1S/C20H21N3O2S/c1-14(2)25-17-5-3-16(4-6-17)22-19(24)7-8-20-23-18(13-26-20)15-9-11-21-12-10-15/h3-6,9-14H,7-8H2,1-2H3,(H,22,24). The van der Waals surface area contributed by atoms with Crippen LogP contribution in [0.25, 0.3) is 11.3 Å². The Morgan fingerprint density at radius 3 is 2.58 bits per heavy atom. The molecule has 5 nitrogen and oxygen atoms in total. The van der Waals surface area contributed by atoms with E-state index in [1.165, 1.54) is 0 Å². The Labute approximate surface area is 157 Å². The Kier molecular flexibility index (Phi) is 5.96. The van der Waals surface area contributed by atoms with Crippen molar-refractivity contribution in [3.05, 3.63) is 59.2 Å². The van der Waals surface area contributed by atoms with Crippen molar-refractivity contribution in [2.24, 2.45) is 0 Å². The third kappa shape index (κ3) is 5.13. The van der Waals surface area contributed by atoms with Crippen molar-refractivity contribution in [3.8, 4) is 17.0 Å². The van der Waals surface area contributed by atoms with Gasteiger partial charge in [-0.1, -0.05) is 0 Å². The second kappa shape index (κ2) is 8.58. The number of aryl methyl sites for hydroxylation is 1. The number of hydrogen-bond donors (Lipinski definition) is 1. The zero-order valence-corrected chi connectivity index (χ0v) is 15.6. The van der Waals surface area contributed by atoms with Crippen LogP contribution in [0, 0.1) is 0 Å². The van der Waals surface area contributed by atoms with Gasteiger partial charge in [-0.25, -0.2) is 4.98 Å². The van der Waals surface area contributed by atoms with E-state index in [0.717, 1.165) is 27.7 Å². The monoisotopic (exact) mass is 367 g/mol. The number of carbonyl (C=O) groups excluding carboxylic acids is 1. The SMILES string of the molecule is CC(C)Oc1ccc(NC(=O)CCc2nc(-c3ccncc3)cs2)cc1. The van der Waals surface area contributed by atoms with Crippen LogP contribution in [0.1, 0.15) is 25.3 Å². The molecule has 1 N–H and O–H groups in total. The molecule has 1 aromatic carbocycles. The minimum atomic E-state index is -0.0248. The van der Waals surface area contributed by atoms with Gasteiger partial charge in [0.05, 0.1) is 16.8 Å². The summed E-state index contributed by atoms with van der Waals surface area (Å²) in [4.78, 5) is 20.8. The third-order valence-electron chi connectivity index (χ3n) is 3.60. The van der Waals surface area contributed by atoms with Crippen LogP contribution < -0.4 is 10.1 Å². The zero-order chi connectivity index (χ0) is 18.4. The molecule has 0 aliphatic rings. The summed E-state index contributed by atoms with van der Waals surface area (Å²) in [7, 11) is 0. The quantitative estimate of drug-likeness (QED) is 0.665. The molecule has 3 aromatic rings. The van der Waals surface area contributed by atoms with Crippen molar-refractivity contribution in [2.45, 2.75) is 32.8 Å². The molecule has 2 heterocycles. The number of aromatic nitrogens is 2. The van der Waals surface area contributed by atoms with Gasteiger partial charge in [0.1, 0.15) is 5.75 Å². The molecule has 0 bridgehead atoms. The average Bonchev–Trinajstić information content (AvgIpc) is 3.11. The van der Waals surface area contributed by atoms with Crippen molar-refractivity contribution in [1.82, 2.24) is 9.97 Å². The van der Waals surface area contributed by atoms with Crippen LogP contribution in [0.5, 0.6) is 5.75 Å². The van der Waals surface area contributed by atoms with Crippen LogP contribution in [-0.2, 0) is 11.2 Å². The predicted octanol–water partition coefficient (Wildman–Crippen LogP) is 4.56. The van der Waals surface area contributed by atoms with Gasteiger partial charge in [0.25, 0.3) is 0 Å². The molecular weight excluding hydrogens is 346 g/mol. The normalized spacial score (nSPS) is 10.7. The number of thiazole rings is 1. The smallest absolute Gasteiger partial charge is 0.224 e. The minimum Gasteiger partial charge on any atom is -0.491 e. The molecule has 0 saturated heterocycles. The first kappa shape index (κ1) is 18.1. The molecule has 0 unspecified atom stereocenters. The highest BCUT2D eigenvalue weighted by Gasteiger charge is 2.08. The Balaban J connectivity index is 1.50. The summed E-state index contributed by atoms with van der Waals surface area (Å²) in [5.41, 5.74) is 2.73. The molecule has 0 radical (unpaired) electrons. The molecule has 2 aromatic heterocycles. The van der Waals surface area contributed by atoms with Crippen molar-refractivity contribution in [3.63, 3.8) is 0 Å². The topological polar surface area (TPSA) is 64.1 Å². The molecular formula is C20H21N3O2S. The molecule has 3 rings (SSSR count).